The van der Waals surface area contributed by atoms with Gasteiger partial charge in [-0.05, 0) is 36.3 Å². The third-order valence-corrected chi connectivity index (χ3v) is 9.23. The SMILES string of the molecule is CC1(C)[C@@H]2CC[C@]1(CS(=O)(=O)N1CCN(C(=O)c3ccco3)CC1)C(=O)C2. The first kappa shape index (κ1) is 18.7. The summed E-state index contributed by atoms with van der Waals surface area (Å²) in [6.45, 7) is 5.25. The van der Waals surface area contributed by atoms with Crippen molar-refractivity contribution in [3.8, 4) is 0 Å². The van der Waals surface area contributed by atoms with Gasteiger partial charge >= 0.3 is 0 Å². The smallest absolute Gasteiger partial charge is 0.289 e. The van der Waals surface area contributed by atoms with Crippen LogP contribution in [0.25, 0.3) is 0 Å². The molecular formula is C19H26N2O5S. The Morgan fingerprint density at radius 1 is 1.26 bits per heavy atom. The minimum Gasteiger partial charge on any atom is -0.459 e. The zero-order valence-corrected chi connectivity index (χ0v) is 16.6. The Hall–Kier alpha value is -1.67. The molecule has 0 radical (unpaired) electrons. The van der Waals surface area contributed by atoms with E-state index >= 15 is 0 Å². The van der Waals surface area contributed by atoms with E-state index in [4.69, 9.17) is 4.42 Å². The average Bonchev–Trinajstić information content (AvgIpc) is 3.28. The largest absolute Gasteiger partial charge is 0.459 e. The molecule has 1 aromatic rings. The summed E-state index contributed by atoms with van der Waals surface area (Å²) in [7, 11) is -3.57. The monoisotopic (exact) mass is 394 g/mol. The summed E-state index contributed by atoms with van der Waals surface area (Å²) in [6, 6.07) is 3.26. The molecule has 2 atom stereocenters. The Labute approximate surface area is 159 Å². The van der Waals surface area contributed by atoms with Crippen LogP contribution in [0.2, 0.25) is 0 Å². The van der Waals surface area contributed by atoms with Gasteiger partial charge in [-0.15, -0.1) is 0 Å². The fraction of sp³-hybridized carbons (Fsp3) is 0.684. The van der Waals surface area contributed by atoms with Crippen molar-refractivity contribution in [2.75, 3.05) is 31.9 Å². The molecule has 2 bridgehead atoms. The molecule has 3 aliphatic rings. The molecule has 4 rings (SSSR count). The van der Waals surface area contributed by atoms with E-state index in [0.717, 1.165) is 6.42 Å². The number of piperazine rings is 1. The lowest BCUT2D eigenvalue weighted by atomic mass is 9.70. The van der Waals surface area contributed by atoms with Crippen molar-refractivity contribution in [2.24, 2.45) is 16.7 Å². The van der Waals surface area contributed by atoms with Crippen LogP contribution in [-0.4, -0.2) is 61.2 Å². The maximum absolute atomic E-state index is 13.1. The Kier molecular flexibility index (Phi) is 4.27. The van der Waals surface area contributed by atoms with Crippen LogP contribution >= 0.6 is 0 Å². The van der Waals surface area contributed by atoms with Gasteiger partial charge in [-0.25, -0.2) is 8.42 Å². The first-order valence-electron chi connectivity index (χ1n) is 9.51. The van der Waals surface area contributed by atoms with Crippen LogP contribution in [0, 0.1) is 16.7 Å². The minimum atomic E-state index is -3.57. The number of hydrogen-bond donors (Lipinski definition) is 0. The van der Waals surface area contributed by atoms with Crippen LogP contribution in [0.1, 0.15) is 43.7 Å². The molecule has 2 aliphatic carbocycles. The highest BCUT2D eigenvalue weighted by Crippen LogP contribution is 2.64. The van der Waals surface area contributed by atoms with Gasteiger partial charge in [-0.2, -0.15) is 4.31 Å². The summed E-state index contributed by atoms with van der Waals surface area (Å²) < 4.78 is 32.8. The molecular weight excluding hydrogens is 368 g/mol. The van der Waals surface area contributed by atoms with Crippen molar-refractivity contribution >= 4 is 21.7 Å². The Morgan fingerprint density at radius 3 is 2.48 bits per heavy atom. The molecule has 1 amide bonds. The highest BCUT2D eigenvalue weighted by Gasteiger charge is 2.65. The fourth-order valence-electron chi connectivity index (χ4n) is 5.24. The van der Waals surface area contributed by atoms with Gasteiger partial charge in [-0.1, -0.05) is 13.8 Å². The summed E-state index contributed by atoms with van der Waals surface area (Å²) in [5, 5.41) is 0. The number of carbonyl (C=O) groups is 2. The average molecular weight is 394 g/mol. The van der Waals surface area contributed by atoms with Gasteiger partial charge in [-0.3, -0.25) is 9.59 Å². The van der Waals surface area contributed by atoms with E-state index in [1.165, 1.54) is 10.6 Å². The summed E-state index contributed by atoms with van der Waals surface area (Å²) in [6.07, 6.45) is 3.55. The zero-order valence-electron chi connectivity index (χ0n) is 15.8. The number of fused-ring (bicyclic) bond motifs is 2. The van der Waals surface area contributed by atoms with Gasteiger partial charge in [0.1, 0.15) is 5.78 Å². The van der Waals surface area contributed by atoms with E-state index in [2.05, 4.69) is 0 Å². The van der Waals surface area contributed by atoms with E-state index in [1.807, 2.05) is 13.8 Å². The molecule has 27 heavy (non-hydrogen) atoms. The second kappa shape index (κ2) is 6.17. The highest BCUT2D eigenvalue weighted by molar-refractivity contribution is 7.89. The minimum absolute atomic E-state index is 0.103. The number of carbonyl (C=O) groups excluding carboxylic acids is 2. The molecule has 0 aromatic carbocycles. The first-order valence-corrected chi connectivity index (χ1v) is 11.1. The standard InChI is InChI=1S/C19H26N2O5S/c1-18(2)14-5-6-19(18,16(22)12-14)13-27(24,25)21-9-7-20(8-10-21)17(23)15-4-3-11-26-15/h3-4,11,14H,5-10,12-13H2,1-2H3/t14-,19+/m1/s1. The highest BCUT2D eigenvalue weighted by atomic mass is 32.2. The molecule has 1 saturated heterocycles. The molecule has 0 N–H and O–H groups in total. The fourth-order valence-corrected chi connectivity index (χ4v) is 7.44. The van der Waals surface area contributed by atoms with Crippen molar-refractivity contribution in [2.45, 2.75) is 33.1 Å². The van der Waals surface area contributed by atoms with Crippen molar-refractivity contribution in [1.82, 2.24) is 9.21 Å². The molecule has 2 saturated carbocycles. The van der Waals surface area contributed by atoms with Crippen molar-refractivity contribution < 1.29 is 22.4 Å². The lowest BCUT2D eigenvalue weighted by molar-refractivity contribution is -0.128. The summed E-state index contributed by atoms with van der Waals surface area (Å²) >= 11 is 0. The first-order chi connectivity index (χ1) is 12.7. The number of nitrogens with zero attached hydrogens (tertiary/aromatic N) is 2. The number of Topliss-reactive ketones (excluding diaryl/α,β-unsaturated/α-hetero) is 1. The Morgan fingerprint density at radius 2 is 1.96 bits per heavy atom. The van der Waals surface area contributed by atoms with Crippen molar-refractivity contribution in [3.05, 3.63) is 24.2 Å². The molecule has 148 valence electrons. The van der Waals surface area contributed by atoms with Gasteiger partial charge in [0, 0.05) is 38.0 Å². The lowest BCUT2D eigenvalue weighted by Crippen LogP contribution is -2.53. The second-order valence-corrected chi connectivity index (χ2v) is 10.6. The van der Waals surface area contributed by atoms with Crippen LogP contribution < -0.4 is 0 Å². The molecule has 2 heterocycles. The number of sulfonamides is 1. The maximum Gasteiger partial charge on any atom is 0.289 e. The summed E-state index contributed by atoms with van der Waals surface area (Å²) in [5.74, 6) is 0.345. The normalized spacial score (nSPS) is 30.8. The zero-order chi connectivity index (χ0) is 19.4. The molecule has 1 aromatic heterocycles. The third kappa shape index (κ3) is 2.76. The van der Waals surface area contributed by atoms with Crippen LogP contribution in [0.4, 0.5) is 0 Å². The van der Waals surface area contributed by atoms with E-state index in [-0.39, 0.29) is 41.7 Å². The van der Waals surface area contributed by atoms with Gasteiger partial charge in [0.15, 0.2) is 5.76 Å². The molecule has 0 spiro atoms. The van der Waals surface area contributed by atoms with Crippen LogP contribution in [0.3, 0.4) is 0 Å². The van der Waals surface area contributed by atoms with Crippen LogP contribution in [-0.2, 0) is 14.8 Å². The van der Waals surface area contributed by atoms with Crippen LogP contribution in [0.5, 0.6) is 0 Å². The number of ketones is 1. The predicted molar refractivity (Wildman–Crippen MR) is 98.5 cm³/mol. The number of rotatable bonds is 4. The van der Waals surface area contributed by atoms with E-state index in [1.54, 1.807) is 17.0 Å². The topological polar surface area (TPSA) is 87.9 Å². The van der Waals surface area contributed by atoms with E-state index in [9.17, 15) is 18.0 Å². The third-order valence-electron chi connectivity index (χ3n) is 7.22. The van der Waals surface area contributed by atoms with Crippen LogP contribution in [0.15, 0.2) is 22.8 Å². The summed E-state index contributed by atoms with van der Waals surface area (Å²) in [5.41, 5.74) is -1.02. The maximum atomic E-state index is 13.1. The molecule has 3 fully saturated rings. The van der Waals surface area contributed by atoms with Gasteiger partial charge in [0.25, 0.3) is 5.91 Å². The molecule has 8 heteroatoms. The molecule has 7 nitrogen and oxygen atoms in total. The van der Waals surface area contributed by atoms with Gasteiger partial charge < -0.3 is 9.32 Å². The Bertz CT molecular complexity index is 853. The summed E-state index contributed by atoms with van der Waals surface area (Å²) in [4.78, 5) is 26.6. The molecule has 1 aliphatic heterocycles. The van der Waals surface area contributed by atoms with Gasteiger partial charge in [0.2, 0.25) is 10.0 Å². The van der Waals surface area contributed by atoms with E-state index < -0.39 is 15.4 Å². The van der Waals surface area contributed by atoms with Gasteiger partial charge in [0.05, 0.1) is 12.0 Å². The molecule has 0 unspecified atom stereocenters. The second-order valence-electron chi connectivity index (χ2n) is 8.59. The number of amides is 1. The number of hydrogen-bond acceptors (Lipinski definition) is 5. The predicted octanol–water partition coefficient (Wildman–Crippen LogP) is 1.76. The van der Waals surface area contributed by atoms with E-state index in [0.29, 0.717) is 31.8 Å². The quantitative estimate of drug-likeness (QED) is 0.777. The number of furan rings is 1. The van der Waals surface area contributed by atoms with Crippen molar-refractivity contribution in [3.63, 3.8) is 0 Å². The van der Waals surface area contributed by atoms with Crippen molar-refractivity contribution in [1.29, 1.82) is 0 Å². The lowest BCUT2D eigenvalue weighted by Gasteiger charge is -2.39. The Balaban J connectivity index is 1.45.